The van der Waals surface area contributed by atoms with Gasteiger partial charge >= 0.3 is 0 Å². The van der Waals surface area contributed by atoms with Gasteiger partial charge in [0.15, 0.2) is 0 Å². The van der Waals surface area contributed by atoms with Gasteiger partial charge in [0.05, 0.1) is 6.61 Å². The van der Waals surface area contributed by atoms with Gasteiger partial charge in [0.2, 0.25) is 0 Å². The molecular weight excluding hydrogens is 164 g/mol. The first-order chi connectivity index (χ1) is 6.33. The number of nitrogens with zero attached hydrogens (tertiary/aromatic N) is 1. The molecule has 2 aliphatic heterocycles. The van der Waals surface area contributed by atoms with Crippen LogP contribution in [0, 0.1) is 5.92 Å². The number of hydrogen-bond acceptors (Lipinski definition) is 3. The highest BCUT2D eigenvalue weighted by Crippen LogP contribution is 2.27. The maximum Gasteiger partial charge on any atom is 0.0622 e. The van der Waals surface area contributed by atoms with Crippen LogP contribution in [-0.4, -0.2) is 43.3 Å². The van der Waals surface area contributed by atoms with Gasteiger partial charge in [0.1, 0.15) is 0 Å². The summed E-state index contributed by atoms with van der Waals surface area (Å²) in [5, 5.41) is 0. The summed E-state index contributed by atoms with van der Waals surface area (Å²) < 4.78 is 5.41. The highest BCUT2D eigenvalue weighted by atomic mass is 16.5. The van der Waals surface area contributed by atoms with Gasteiger partial charge in [0, 0.05) is 18.7 Å². The minimum Gasteiger partial charge on any atom is -0.380 e. The lowest BCUT2D eigenvalue weighted by Gasteiger charge is -2.28. The third kappa shape index (κ3) is 1.73. The second-order valence-corrected chi connectivity index (χ2v) is 4.28. The second kappa shape index (κ2) is 3.95. The molecule has 0 radical (unpaired) electrons. The van der Waals surface area contributed by atoms with Crippen LogP contribution in [0.25, 0.3) is 0 Å². The maximum absolute atomic E-state index is 5.73. The Morgan fingerprint density at radius 3 is 2.85 bits per heavy atom. The summed E-state index contributed by atoms with van der Waals surface area (Å²) in [5.74, 6) is 0.709. The van der Waals surface area contributed by atoms with Gasteiger partial charge in [-0.15, -0.1) is 0 Å². The summed E-state index contributed by atoms with van der Waals surface area (Å²) in [7, 11) is 0. The Labute approximate surface area is 80.2 Å². The van der Waals surface area contributed by atoms with Crippen molar-refractivity contribution in [3.8, 4) is 0 Å². The molecular formula is C10H20N2O. The van der Waals surface area contributed by atoms with Crippen LogP contribution in [0.4, 0.5) is 0 Å². The van der Waals surface area contributed by atoms with Gasteiger partial charge in [-0.2, -0.15) is 0 Å². The van der Waals surface area contributed by atoms with E-state index in [1.165, 1.54) is 19.4 Å². The van der Waals surface area contributed by atoms with E-state index >= 15 is 0 Å². The van der Waals surface area contributed by atoms with E-state index in [2.05, 4.69) is 11.8 Å². The minimum atomic E-state index is 0.664. The lowest BCUT2D eigenvalue weighted by Crippen LogP contribution is -2.40. The van der Waals surface area contributed by atoms with E-state index in [1.54, 1.807) is 0 Å². The van der Waals surface area contributed by atoms with Crippen LogP contribution in [0.5, 0.6) is 0 Å². The second-order valence-electron chi connectivity index (χ2n) is 4.28. The van der Waals surface area contributed by atoms with Gasteiger partial charge in [-0.05, 0) is 38.8 Å². The molecule has 0 aromatic rings. The Morgan fingerprint density at radius 1 is 1.46 bits per heavy atom. The highest BCUT2D eigenvalue weighted by molar-refractivity contribution is 4.89. The fourth-order valence-corrected chi connectivity index (χ4v) is 2.64. The van der Waals surface area contributed by atoms with Crippen molar-refractivity contribution in [3.05, 3.63) is 0 Å². The van der Waals surface area contributed by atoms with E-state index in [9.17, 15) is 0 Å². The fourth-order valence-electron chi connectivity index (χ4n) is 2.64. The minimum absolute atomic E-state index is 0.664. The van der Waals surface area contributed by atoms with Crippen LogP contribution in [0.1, 0.15) is 19.8 Å². The monoisotopic (exact) mass is 184 g/mol. The predicted molar refractivity (Wildman–Crippen MR) is 52.6 cm³/mol. The summed E-state index contributed by atoms with van der Waals surface area (Å²) in [6.07, 6.45) is 2.48. The molecule has 0 spiro atoms. The first-order valence-electron chi connectivity index (χ1n) is 5.36. The molecule has 76 valence electrons. The molecule has 0 aliphatic carbocycles. The zero-order valence-electron chi connectivity index (χ0n) is 8.41. The summed E-state index contributed by atoms with van der Waals surface area (Å²) in [5.41, 5.74) is 5.73. The number of ether oxygens (including phenoxy) is 1. The normalized spacial score (nSPS) is 41.5. The molecule has 3 atom stereocenters. The van der Waals surface area contributed by atoms with Crippen LogP contribution in [0.15, 0.2) is 0 Å². The topological polar surface area (TPSA) is 38.5 Å². The first kappa shape index (κ1) is 9.44. The van der Waals surface area contributed by atoms with Crippen molar-refractivity contribution < 1.29 is 4.74 Å². The van der Waals surface area contributed by atoms with Crippen LogP contribution in [0.2, 0.25) is 0 Å². The van der Waals surface area contributed by atoms with Crippen LogP contribution < -0.4 is 5.73 Å². The summed E-state index contributed by atoms with van der Waals surface area (Å²) in [6.45, 7) is 6.24. The largest absolute Gasteiger partial charge is 0.380 e. The molecule has 3 heteroatoms. The third-order valence-corrected chi connectivity index (χ3v) is 3.64. The Bertz CT molecular complexity index is 168. The quantitative estimate of drug-likeness (QED) is 0.677. The standard InChI is InChI=1S/C10H20N2O/c1-8-9(6-11)2-4-12(8)10-3-5-13-7-10/h8-10H,2-7,11H2,1H3. The van der Waals surface area contributed by atoms with E-state index in [-0.39, 0.29) is 0 Å². The Morgan fingerprint density at radius 2 is 2.31 bits per heavy atom. The summed E-state index contributed by atoms with van der Waals surface area (Å²) in [4.78, 5) is 2.59. The van der Waals surface area contributed by atoms with E-state index in [1.807, 2.05) is 0 Å². The summed E-state index contributed by atoms with van der Waals surface area (Å²) >= 11 is 0. The Hall–Kier alpha value is -0.120. The molecule has 2 heterocycles. The Kier molecular flexibility index (Phi) is 2.86. The molecule has 13 heavy (non-hydrogen) atoms. The number of rotatable bonds is 2. The van der Waals surface area contributed by atoms with Crippen molar-refractivity contribution in [2.45, 2.75) is 31.8 Å². The van der Waals surface area contributed by atoms with Crippen LogP contribution in [-0.2, 0) is 4.74 Å². The number of likely N-dealkylation sites (tertiary alicyclic amines) is 1. The molecule has 3 nitrogen and oxygen atoms in total. The predicted octanol–water partition coefficient (Wildman–Crippen LogP) is 0.444. The number of hydrogen-bond donors (Lipinski definition) is 1. The van der Waals surface area contributed by atoms with Crippen LogP contribution in [0.3, 0.4) is 0 Å². The van der Waals surface area contributed by atoms with E-state index in [4.69, 9.17) is 10.5 Å². The van der Waals surface area contributed by atoms with Crippen molar-refractivity contribution in [1.29, 1.82) is 0 Å². The molecule has 3 unspecified atom stereocenters. The van der Waals surface area contributed by atoms with E-state index in [0.717, 1.165) is 19.8 Å². The molecule has 2 saturated heterocycles. The highest BCUT2D eigenvalue weighted by Gasteiger charge is 2.35. The zero-order valence-corrected chi connectivity index (χ0v) is 8.41. The lowest BCUT2D eigenvalue weighted by molar-refractivity contribution is 0.133. The van der Waals surface area contributed by atoms with Gasteiger partial charge in [-0.3, -0.25) is 4.90 Å². The van der Waals surface area contributed by atoms with E-state index < -0.39 is 0 Å². The molecule has 0 amide bonds. The lowest BCUT2D eigenvalue weighted by atomic mass is 10.0. The molecule has 0 saturated carbocycles. The molecule has 2 N–H and O–H groups in total. The van der Waals surface area contributed by atoms with Gasteiger partial charge in [0.25, 0.3) is 0 Å². The maximum atomic E-state index is 5.73. The Balaban J connectivity index is 1.93. The van der Waals surface area contributed by atoms with Crippen molar-refractivity contribution in [1.82, 2.24) is 4.90 Å². The molecule has 2 aliphatic rings. The van der Waals surface area contributed by atoms with Crippen LogP contribution >= 0.6 is 0 Å². The van der Waals surface area contributed by atoms with E-state index in [0.29, 0.717) is 18.0 Å². The summed E-state index contributed by atoms with van der Waals surface area (Å²) in [6, 6.07) is 1.34. The zero-order chi connectivity index (χ0) is 9.26. The van der Waals surface area contributed by atoms with Crippen molar-refractivity contribution >= 4 is 0 Å². The van der Waals surface area contributed by atoms with Crippen molar-refractivity contribution in [3.63, 3.8) is 0 Å². The average molecular weight is 184 g/mol. The smallest absolute Gasteiger partial charge is 0.0622 e. The first-order valence-corrected chi connectivity index (χ1v) is 5.36. The molecule has 0 aromatic heterocycles. The van der Waals surface area contributed by atoms with Gasteiger partial charge < -0.3 is 10.5 Å². The van der Waals surface area contributed by atoms with Gasteiger partial charge in [-0.25, -0.2) is 0 Å². The third-order valence-electron chi connectivity index (χ3n) is 3.64. The number of nitrogens with two attached hydrogens (primary N) is 1. The fraction of sp³-hybridized carbons (Fsp3) is 1.00. The SMILES string of the molecule is CC1C(CN)CCN1C1CCOC1. The molecule has 0 aromatic carbocycles. The van der Waals surface area contributed by atoms with Crippen molar-refractivity contribution in [2.24, 2.45) is 11.7 Å². The average Bonchev–Trinajstić information content (AvgIpc) is 2.72. The molecule has 2 fully saturated rings. The van der Waals surface area contributed by atoms with Gasteiger partial charge in [-0.1, -0.05) is 0 Å². The molecule has 2 rings (SSSR count). The van der Waals surface area contributed by atoms with Crippen molar-refractivity contribution in [2.75, 3.05) is 26.3 Å². The molecule has 0 bridgehead atoms.